The van der Waals surface area contributed by atoms with Crippen LogP contribution >= 0.6 is 0 Å². The molecule has 0 spiro atoms. The Bertz CT molecular complexity index is 395. The standard InChI is InChI=1S/C12H19N3O3/c1-16-12(4-7-17-8-5-12)11-14-10(18-15-11)9-3-2-6-13-9/h9,13H,2-8H2,1H3. The second-order valence-corrected chi connectivity index (χ2v) is 4.92. The van der Waals surface area contributed by atoms with Gasteiger partial charge in [-0.1, -0.05) is 5.16 Å². The highest BCUT2D eigenvalue weighted by molar-refractivity contribution is 5.05. The van der Waals surface area contributed by atoms with E-state index < -0.39 is 5.60 Å². The summed E-state index contributed by atoms with van der Waals surface area (Å²) in [6.45, 7) is 2.38. The molecule has 0 radical (unpaired) electrons. The summed E-state index contributed by atoms with van der Waals surface area (Å²) in [5, 5.41) is 7.48. The van der Waals surface area contributed by atoms with Gasteiger partial charge in [-0.2, -0.15) is 4.98 Å². The first kappa shape index (κ1) is 12.1. The summed E-state index contributed by atoms with van der Waals surface area (Å²) in [7, 11) is 1.70. The molecule has 0 amide bonds. The molecule has 1 atom stereocenters. The molecule has 3 rings (SSSR count). The molecule has 1 aromatic heterocycles. The number of nitrogens with zero attached hydrogens (tertiary/aromatic N) is 2. The van der Waals surface area contributed by atoms with Gasteiger partial charge in [0.2, 0.25) is 11.7 Å². The molecule has 1 N–H and O–H groups in total. The van der Waals surface area contributed by atoms with E-state index in [1.807, 2.05) is 0 Å². The Morgan fingerprint density at radius 3 is 2.89 bits per heavy atom. The first-order valence-electron chi connectivity index (χ1n) is 6.54. The molecule has 6 heteroatoms. The highest BCUT2D eigenvalue weighted by Crippen LogP contribution is 2.34. The van der Waals surface area contributed by atoms with Crippen molar-refractivity contribution in [3.63, 3.8) is 0 Å². The van der Waals surface area contributed by atoms with Crippen LogP contribution in [0.4, 0.5) is 0 Å². The van der Waals surface area contributed by atoms with Crippen LogP contribution < -0.4 is 5.32 Å². The Morgan fingerprint density at radius 1 is 1.39 bits per heavy atom. The quantitative estimate of drug-likeness (QED) is 0.871. The minimum absolute atomic E-state index is 0.208. The molecule has 3 heterocycles. The van der Waals surface area contributed by atoms with Gasteiger partial charge in [0.15, 0.2) is 0 Å². The number of methoxy groups -OCH3 is 1. The summed E-state index contributed by atoms with van der Waals surface area (Å²) in [6.07, 6.45) is 3.78. The lowest BCUT2D eigenvalue weighted by molar-refractivity contribution is -0.101. The molecule has 6 nitrogen and oxygen atoms in total. The van der Waals surface area contributed by atoms with E-state index in [-0.39, 0.29) is 6.04 Å². The minimum atomic E-state index is -0.432. The summed E-state index contributed by atoms with van der Waals surface area (Å²) < 4.78 is 16.4. The second-order valence-electron chi connectivity index (χ2n) is 4.92. The molecule has 0 aromatic carbocycles. The zero-order chi connectivity index (χ0) is 12.4. The SMILES string of the molecule is COC1(c2noc(C3CCCN3)n2)CCOCC1. The lowest BCUT2D eigenvalue weighted by atomic mass is 9.93. The third-order valence-corrected chi connectivity index (χ3v) is 3.90. The Kier molecular flexibility index (Phi) is 3.32. The van der Waals surface area contributed by atoms with Crippen LogP contribution in [-0.4, -0.2) is 37.0 Å². The smallest absolute Gasteiger partial charge is 0.243 e. The van der Waals surface area contributed by atoms with Crippen LogP contribution in [0.2, 0.25) is 0 Å². The maximum atomic E-state index is 5.66. The number of hydrogen-bond acceptors (Lipinski definition) is 6. The maximum absolute atomic E-state index is 5.66. The van der Waals surface area contributed by atoms with Crippen molar-refractivity contribution in [1.29, 1.82) is 0 Å². The summed E-state index contributed by atoms with van der Waals surface area (Å²) in [4.78, 5) is 4.54. The minimum Gasteiger partial charge on any atom is -0.381 e. The summed E-state index contributed by atoms with van der Waals surface area (Å²) in [5.41, 5.74) is -0.432. The zero-order valence-electron chi connectivity index (χ0n) is 10.6. The molecular formula is C12H19N3O3. The molecule has 2 fully saturated rings. The van der Waals surface area contributed by atoms with E-state index in [0.29, 0.717) is 24.9 Å². The largest absolute Gasteiger partial charge is 0.381 e. The highest BCUT2D eigenvalue weighted by atomic mass is 16.5. The van der Waals surface area contributed by atoms with E-state index in [1.54, 1.807) is 7.11 Å². The van der Waals surface area contributed by atoms with Crippen molar-refractivity contribution in [3.05, 3.63) is 11.7 Å². The number of ether oxygens (including phenoxy) is 2. The predicted octanol–water partition coefficient (Wildman–Crippen LogP) is 1.15. The van der Waals surface area contributed by atoms with Gasteiger partial charge in [-0.05, 0) is 19.4 Å². The third kappa shape index (κ3) is 2.04. The topological polar surface area (TPSA) is 69.4 Å². The number of rotatable bonds is 3. The monoisotopic (exact) mass is 253 g/mol. The van der Waals surface area contributed by atoms with E-state index in [4.69, 9.17) is 14.0 Å². The van der Waals surface area contributed by atoms with E-state index in [0.717, 1.165) is 32.2 Å². The van der Waals surface area contributed by atoms with Gasteiger partial charge in [-0.25, -0.2) is 0 Å². The van der Waals surface area contributed by atoms with E-state index >= 15 is 0 Å². The Balaban J connectivity index is 1.82. The van der Waals surface area contributed by atoms with Gasteiger partial charge in [-0.3, -0.25) is 0 Å². The van der Waals surface area contributed by atoms with Crippen molar-refractivity contribution in [1.82, 2.24) is 15.5 Å². The lowest BCUT2D eigenvalue weighted by Crippen LogP contribution is -2.36. The average molecular weight is 253 g/mol. The lowest BCUT2D eigenvalue weighted by Gasteiger charge is -2.32. The van der Waals surface area contributed by atoms with Crippen molar-refractivity contribution in [2.24, 2.45) is 0 Å². The van der Waals surface area contributed by atoms with Crippen molar-refractivity contribution in [2.75, 3.05) is 26.9 Å². The average Bonchev–Trinajstić information content (AvgIpc) is 3.10. The Morgan fingerprint density at radius 2 is 2.22 bits per heavy atom. The second kappa shape index (κ2) is 4.95. The van der Waals surface area contributed by atoms with Crippen molar-refractivity contribution in [2.45, 2.75) is 37.3 Å². The molecule has 0 saturated carbocycles. The molecule has 1 unspecified atom stereocenters. The maximum Gasteiger partial charge on any atom is 0.243 e. The van der Waals surface area contributed by atoms with Gasteiger partial charge in [0.05, 0.1) is 6.04 Å². The highest BCUT2D eigenvalue weighted by Gasteiger charge is 2.39. The van der Waals surface area contributed by atoms with Crippen LogP contribution in [-0.2, 0) is 15.1 Å². The van der Waals surface area contributed by atoms with Gasteiger partial charge in [0, 0.05) is 33.2 Å². The molecule has 0 bridgehead atoms. The summed E-state index contributed by atoms with van der Waals surface area (Å²) in [6, 6.07) is 0.208. The van der Waals surface area contributed by atoms with E-state index in [9.17, 15) is 0 Å². The number of hydrogen-bond donors (Lipinski definition) is 1. The Hall–Kier alpha value is -0.980. The van der Waals surface area contributed by atoms with Crippen molar-refractivity contribution >= 4 is 0 Å². The zero-order valence-corrected chi connectivity index (χ0v) is 10.6. The van der Waals surface area contributed by atoms with E-state index in [2.05, 4.69) is 15.5 Å². The first-order chi connectivity index (χ1) is 8.84. The van der Waals surface area contributed by atoms with Crippen LogP contribution in [0, 0.1) is 0 Å². The van der Waals surface area contributed by atoms with Gasteiger partial charge in [0.1, 0.15) is 5.60 Å². The van der Waals surface area contributed by atoms with Crippen LogP contribution in [0.5, 0.6) is 0 Å². The molecule has 18 heavy (non-hydrogen) atoms. The third-order valence-electron chi connectivity index (χ3n) is 3.90. The van der Waals surface area contributed by atoms with Gasteiger partial charge in [0.25, 0.3) is 0 Å². The van der Waals surface area contributed by atoms with Crippen LogP contribution in [0.25, 0.3) is 0 Å². The Labute approximate surface area is 106 Å². The summed E-state index contributed by atoms with van der Waals surface area (Å²) >= 11 is 0. The number of aromatic nitrogens is 2. The summed E-state index contributed by atoms with van der Waals surface area (Å²) in [5.74, 6) is 1.35. The molecular weight excluding hydrogens is 234 g/mol. The van der Waals surface area contributed by atoms with Crippen LogP contribution in [0.15, 0.2) is 4.52 Å². The molecule has 0 aliphatic carbocycles. The van der Waals surface area contributed by atoms with Crippen molar-refractivity contribution in [3.8, 4) is 0 Å². The molecule has 2 aliphatic rings. The normalized spacial score (nSPS) is 27.5. The predicted molar refractivity (Wildman–Crippen MR) is 63.0 cm³/mol. The first-order valence-corrected chi connectivity index (χ1v) is 6.54. The fourth-order valence-electron chi connectivity index (χ4n) is 2.68. The van der Waals surface area contributed by atoms with Crippen molar-refractivity contribution < 1.29 is 14.0 Å². The van der Waals surface area contributed by atoms with Gasteiger partial charge < -0.3 is 19.3 Å². The van der Waals surface area contributed by atoms with Crippen LogP contribution in [0.3, 0.4) is 0 Å². The fraction of sp³-hybridized carbons (Fsp3) is 0.833. The number of nitrogens with one attached hydrogen (secondary N) is 1. The molecule has 1 aromatic rings. The fourth-order valence-corrected chi connectivity index (χ4v) is 2.68. The molecule has 2 aliphatic heterocycles. The van der Waals surface area contributed by atoms with E-state index in [1.165, 1.54) is 0 Å². The molecule has 2 saturated heterocycles. The van der Waals surface area contributed by atoms with Gasteiger partial charge >= 0.3 is 0 Å². The van der Waals surface area contributed by atoms with Gasteiger partial charge in [-0.15, -0.1) is 0 Å². The molecule has 100 valence electrons. The van der Waals surface area contributed by atoms with Crippen LogP contribution in [0.1, 0.15) is 43.4 Å².